The van der Waals surface area contributed by atoms with Gasteiger partial charge in [0.2, 0.25) is 0 Å². The molecule has 0 saturated heterocycles. The summed E-state index contributed by atoms with van der Waals surface area (Å²) in [4.78, 5) is 21.2. The first-order valence-corrected chi connectivity index (χ1v) is 7.86. The van der Waals surface area contributed by atoms with Crippen molar-refractivity contribution < 1.29 is 4.79 Å². The third kappa shape index (κ3) is 3.46. The van der Waals surface area contributed by atoms with Gasteiger partial charge in [0.15, 0.2) is 0 Å². The highest BCUT2D eigenvalue weighted by molar-refractivity contribution is 9.11. The Hall–Kier alpha value is -2.53. The molecule has 5 heteroatoms. The molecule has 4 nitrogen and oxygen atoms in total. The van der Waals surface area contributed by atoms with Crippen molar-refractivity contribution in [3.63, 3.8) is 0 Å². The third-order valence-corrected chi connectivity index (χ3v) is 3.66. The van der Waals surface area contributed by atoms with Gasteiger partial charge in [-0.15, -0.1) is 0 Å². The predicted molar refractivity (Wildman–Crippen MR) is 95.4 cm³/mol. The molecule has 0 radical (unpaired) electrons. The number of aromatic nitrogens is 2. The number of nitrogens with one attached hydrogen (secondary N) is 1. The van der Waals surface area contributed by atoms with Gasteiger partial charge in [-0.05, 0) is 24.3 Å². The van der Waals surface area contributed by atoms with Crippen molar-refractivity contribution in [2.24, 2.45) is 0 Å². The molecule has 1 amide bonds. The molecule has 0 unspecified atom stereocenters. The molecular weight excluding hydrogens is 354 g/mol. The molecule has 3 aromatic rings. The zero-order chi connectivity index (χ0) is 16.2. The van der Waals surface area contributed by atoms with E-state index in [9.17, 15) is 4.79 Å². The lowest BCUT2D eigenvalue weighted by Gasteiger charge is -2.10. The van der Waals surface area contributed by atoms with Crippen LogP contribution in [0.5, 0.6) is 0 Å². The smallest absolute Gasteiger partial charge is 0.252 e. The van der Waals surface area contributed by atoms with E-state index < -0.39 is 0 Å². The van der Waals surface area contributed by atoms with Crippen molar-refractivity contribution in [3.05, 3.63) is 71.5 Å². The number of carbonyl (C=O) groups excluding carboxylic acids is 1. The van der Waals surface area contributed by atoms with E-state index in [-0.39, 0.29) is 5.91 Å². The molecule has 0 aliphatic rings. The van der Waals surface area contributed by atoms with E-state index in [1.165, 1.54) is 0 Å². The Balaban J connectivity index is 2.11. The first kappa shape index (κ1) is 15.4. The third-order valence-electron chi connectivity index (χ3n) is 3.38. The molecule has 3 rings (SSSR count). The molecule has 2 heterocycles. The van der Waals surface area contributed by atoms with Gasteiger partial charge in [-0.2, -0.15) is 0 Å². The number of halogens is 1. The first-order chi connectivity index (χ1) is 11.1. The van der Waals surface area contributed by atoms with Crippen LogP contribution >= 0.6 is 15.9 Å². The SMILES string of the molecule is C=C(Br)CNC(=O)c1cc(-c2ccncc2)nc2ccccc12. The van der Waals surface area contributed by atoms with Crippen molar-refractivity contribution in [2.75, 3.05) is 6.54 Å². The fourth-order valence-corrected chi connectivity index (χ4v) is 2.45. The van der Waals surface area contributed by atoms with Crippen molar-refractivity contribution in [2.45, 2.75) is 0 Å². The van der Waals surface area contributed by atoms with Crippen molar-refractivity contribution in [3.8, 4) is 11.3 Å². The van der Waals surface area contributed by atoms with Gasteiger partial charge in [-0.3, -0.25) is 9.78 Å². The first-order valence-electron chi connectivity index (χ1n) is 7.07. The minimum absolute atomic E-state index is 0.153. The quantitative estimate of drug-likeness (QED) is 0.759. The zero-order valence-electron chi connectivity index (χ0n) is 12.3. The van der Waals surface area contributed by atoms with Gasteiger partial charge in [0, 0.05) is 34.4 Å². The molecule has 1 aromatic carbocycles. The predicted octanol–water partition coefficient (Wildman–Crippen LogP) is 3.94. The van der Waals surface area contributed by atoms with E-state index in [2.05, 4.69) is 37.8 Å². The van der Waals surface area contributed by atoms with Gasteiger partial charge in [0.25, 0.3) is 5.91 Å². The molecular formula is C18H14BrN3O. The number of benzene rings is 1. The van der Waals surface area contributed by atoms with E-state index in [0.717, 1.165) is 26.6 Å². The Morgan fingerprint density at radius 2 is 1.91 bits per heavy atom. The topological polar surface area (TPSA) is 54.9 Å². The average molecular weight is 368 g/mol. The summed E-state index contributed by atoms with van der Waals surface area (Å²) in [6.07, 6.45) is 3.42. The summed E-state index contributed by atoms with van der Waals surface area (Å²) in [5, 5.41) is 3.67. The van der Waals surface area contributed by atoms with Gasteiger partial charge < -0.3 is 5.32 Å². The molecule has 23 heavy (non-hydrogen) atoms. The second-order valence-electron chi connectivity index (χ2n) is 5.01. The molecule has 0 fully saturated rings. The highest BCUT2D eigenvalue weighted by Gasteiger charge is 2.13. The van der Waals surface area contributed by atoms with Crippen LogP contribution in [-0.2, 0) is 0 Å². The number of carbonyl (C=O) groups is 1. The van der Waals surface area contributed by atoms with Crippen LogP contribution in [0.4, 0.5) is 0 Å². The number of hydrogen-bond acceptors (Lipinski definition) is 3. The maximum Gasteiger partial charge on any atom is 0.252 e. The average Bonchev–Trinajstić information content (AvgIpc) is 2.59. The highest BCUT2D eigenvalue weighted by atomic mass is 79.9. The zero-order valence-corrected chi connectivity index (χ0v) is 13.9. The minimum atomic E-state index is -0.153. The van der Waals surface area contributed by atoms with E-state index in [0.29, 0.717) is 12.1 Å². The summed E-state index contributed by atoms with van der Waals surface area (Å²) in [5.41, 5.74) is 3.04. The molecule has 0 saturated carbocycles. The van der Waals surface area contributed by atoms with Crippen LogP contribution in [0.2, 0.25) is 0 Å². The Morgan fingerprint density at radius 1 is 1.17 bits per heavy atom. The lowest BCUT2D eigenvalue weighted by atomic mass is 10.0. The van der Waals surface area contributed by atoms with Crippen LogP contribution in [0.3, 0.4) is 0 Å². The molecule has 0 aliphatic heterocycles. The maximum absolute atomic E-state index is 12.5. The summed E-state index contributed by atoms with van der Waals surface area (Å²) in [5.74, 6) is -0.153. The van der Waals surface area contributed by atoms with Gasteiger partial charge >= 0.3 is 0 Å². The van der Waals surface area contributed by atoms with E-state index >= 15 is 0 Å². The Bertz CT molecular complexity index is 878. The standard InChI is InChI=1S/C18H14BrN3O/c1-12(19)11-21-18(23)15-10-17(13-6-8-20-9-7-13)22-16-5-3-2-4-14(15)16/h2-10H,1,11H2,(H,21,23). The van der Waals surface area contributed by atoms with Crippen LogP contribution < -0.4 is 5.32 Å². The fourth-order valence-electron chi connectivity index (χ4n) is 2.31. The number of fused-ring (bicyclic) bond motifs is 1. The van der Waals surface area contributed by atoms with E-state index in [1.807, 2.05) is 42.5 Å². The lowest BCUT2D eigenvalue weighted by Crippen LogP contribution is -2.24. The molecule has 114 valence electrons. The number of rotatable bonds is 4. The van der Waals surface area contributed by atoms with Gasteiger partial charge in [-0.25, -0.2) is 4.98 Å². The van der Waals surface area contributed by atoms with Crippen LogP contribution in [0.1, 0.15) is 10.4 Å². The van der Waals surface area contributed by atoms with Crippen LogP contribution in [0, 0.1) is 0 Å². The molecule has 1 N–H and O–H groups in total. The molecule has 0 atom stereocenters. The Kier molecular flexibility index (Phi) is 4.48. The van der Waals surface area contributed by atoms with E-state index in [1.54, 1.807) is 12.4 Å². The Labute approximate surface area is 142 Å². The largest absolute Gasteiger partial charge is 0.347 e. The fraction of sp³-hybridized carbons (Fsp3) is 0.0556. The molecule has 0 spiro atoms. The van der Waals surface area contributed by atoms with Crippen molar-refractivity contribution >= 4 is 32.7 Å². The van der Waals surface area contributed by atoms with Crippen LogP contribution in [-0.4, -0.2) is 22.4 Å². The summed E-state index contributed by atoms with van der Waals surface area (Å²) < 4.78 is 0.721. The summed E-state index contributed by atoms with van der Waals surface area (Å²) in [6.45, 7) is 4.11. The van der Waals surface area contributed by atoms with Gasteiger partial charge in [-0.1, -0.05) is 40.7 Å². The monoisotopic (exact) mass is 367 g/mol. The number of nitrogens with zero attached hydrogens (tertiary/aromatic N) is 2. The van der Waals surface area contributed by atoms with Crippen LogP contribution in [0.15, 0.2) is 65.9 Å². The number of para-hydroxylation sites is 1. The molecule has 0 aliphatic carbocycles. The highest BCUT2D eigenvalue weighted by Crippen LogP contribution is 2.24. The van der Waals surface area contributed by atoms with Gasteiger partial charge in [0.1, 0.15) is 0 Å². The minimum Gasteiger partial charge on any atom is -0.347 e. The normalized spacial score (nSPS) is 10.5. The second-order valence-corrected chi connectivity index (χ2v) is 6.13. The Morgan fingerprint density at radius 3 is 2.65 bits per heavy atom. The number of pyridine rings is 2. The number of amides is 1. The summed E-state index contributed by atoms with van der Waals surface area (Å²) in [7, 11) is 0. The number of hydrogen-bond donors (Lipinski definition) is 1. The molecule has 2 aromatic heterocycles. The van der Waals surface area contributed by atoms with Crippen molar-refractivity contribution in [1.82, 2.24) is 15.3 Å². The second kappa shape index (κ2) is 6.71. The molecule has 0 bridgehead atoms. The lowest BCUT2D eigenvalue weighted by molar-refractivity contribution is 0.0959. The summed E-state index contributed by atoms with van der Waals surface area (Å²) >= 11 is 3.25. The van der Waals surface area contributed by atoms with Crippen LogP contribution in [0.25, 0.3) is 22.2 Å². The summed E-state index contributed by atoms with van der Waals surface area (Å²) in [6, 6.07) is 13.2. The maximum atomic E-state index is 12.5. The van der Waals surface area contributed by atoms with Gasteiger partial charge in [0.05, 0.1) is 16.8 Å². The van der Waals surface area contributed by atoms with Crippen molar-refractivity contribution in [1.29, 1.82) is 0 Å². The van der Waals surface area contributed by atoms with E-state index in [4.69, 9.17) is 0 Å².